The highest BCUT2D eigenvalue weighted by Gasteiger charge is 2.18. The molecule has 2 rings (SSSR count). The van der Waals surface area contributed by atoms with Gasteiger partial charge >= 0.3 is 0 Å². The van der Waals surface area contributed by atoms with E-state index in [1.807, 2.05) is 0 Å². The van der Waals surface area contributed by atoms with Gasteiger partial charge in [0.2, 0.25) is 0 Å². The lowest BCUT2D eigenvalue weighted by Gasteiger charge is -2.11. The summed E-state index contributed by atoms with van der Waals surface area (Å²) in [7, 11) is 0. The standard InChI is InChI=1S/C15H20/c1-5-12-8-13(6-2)15-11(4)10(3)7-14(15)9-12/h8-9H,5-7H2,1-4H3. The summed E-state index contributed by atoms with van der Waals surface area (Å²) in [6.07, 6.45) is 3.47. The fraction of sp³-hybridized carbons (Fsp3) is 0.467. The molecular formula is C15H20. The molecule has 80 valence electrons. The van der Waals surface area contributed by atoms with Gasteiger partial charge in [0.25, 0.3) is 0 Å². The molecule has 1 aliphatic rings. The number of hydrogen-bond donors (Lipinski definition) is 0. The molecule has 0 saturated carbocycles. The van der Waals surface area contributed by atoms with Gasteiger partial charge in [-0.05, 0) is 60.9 Å². The molecule has 0 unspecified atom stereocenters. The maximum absolute atomic E-state index is 2.40. The van der Waals surface area contributed by atoms with E-state index in [-0.39, 0.29) is 0 Å². The number of hydrogen-bond acceptors (Lipinski definition) is 0. The van der Waals surface area contributed by atoms with Gasteiger partial charge < -0.3 is 0 Å². The minimum Gasteiger partial charge on any atom is -0.0654 e. The Morgan fingerprint density at radius 3 is 2.40 bits per heavy atom. The van der Waals surface area contributed by atoms with Crippen LogP contribution in [-0.2, 0) is 19.3 Å². The molecule has 0 nitrogen and oxygen atoms in total. The Bertz CT molecular complexity index is 422. The summed E-state index contributed by atoms with van der Waals surface area (Å²) in [5.41, 5.74) is 9.21. The van der Waals surface area contributed by atoms with Crippen LogP contribution in [0.4, 0.5) is 0 Å². The third-order valence-electron chi connectivity index (χ3n) is 3.62. The van der Waals surface area contributed by atoms with Crippen LogP contribution in [0.15, 0.2) is 17.7 Å². The molecule has 15 heavy (non-hydrogen) atoms. The predicted molar refractivity (Wildman–Crippen MR) is 67.2 cm³/mol. The fourth-order valence-electron chi connectivity index (χ4n) is 2.58. The average Bonchev–Trinajstić information content (AvgIpc) is 2.53. The highest BCUT2D eigenvalue weighted by molar-refractivity contribution is 5.77. The van der Waals surface area contributed by atoms with Crippen molar-refractivity contribution in [3.05, 3.63) is 40.0 Å². The highest BCUT2D eigenvalue weighted by atomic mass is 14.2. The first-order chi connectivity index (χ1) is 7.17. The van der Waals surface area contributed by atoms with Gasteiger partial charge in [0.15, 0.2) is 0 Å². The number of aryl methyl sites for hydroxylation is 2. The lowest BCUT2D eigenvalue weighted by molar-refractivity contribution is 1.06. The Hall–Kier alpha value is -1.04. The van der Waals surface area contributed by atoms with Gasteiger partial charge in [0.1, 0.15) is 0 Å². The average molecular weight is 200 g/mol. The lowest BCUT2D eigenvalue weighted by Crippen LogP contribution is -1.95. The first kappa shape index (κ1) is 10.5. The van der Waals surface area contributed by atoms with E-state index in [4.69, 9.17) is 0 Å². The molecule has 0 N–H and O–H groups in total. The van der Waals surface area contributed by atoms with Gasteiger partial charge in [-0.15, -0.1) is 0 Å². The van der Waals surface area contributed by atoms with Crippen LogP contribution in [0.5, 0.6) is 0 Å². The minimum atomic E-state index is 1.15. The quantitative estimate of drug-likeness (QED) is 0.672. The van der Waals surface area contributed by atoms with Crippen molar-refractivity contribution < 1.29 is 0 Å². The number of fused-ring (bicyclic) bond motifs is 1. The summed E-state index contributed by atoms with van der Waals surface area (Å²) in [5, 5.41) is 0. The van der Waals surface area contributed by atoms with E-state index in [1.165, 1.54) is 17.6 Å². The molecule has 0 saturated heterocycles. The van der Waals surface area contributed by atoms with Gasteiger partial charge in [-0.3, -0.25) is 0 Å². The molecule has 0 bridgehead atoms. The molecule has 0 aliphatic heterocycles. The van der Waals surface area contributed by atoms with E-state index in [0.717, 1.165) is 12.8 Å². The molecule has 1 aromatic carbocycles. The first-order valence-electron chi connectivity index (χ1n) is 5.98. The van der Waals surface area contributed by atoms with Crippen LogP contribution in [0, 0.1) is 0 Å². The first-order valence-corrected chi connectivity index (χ1v) is 5.98. The smallest absolute Gasteiger partial charge is 0.00577 e. The van der Waals surface area contributed by atoms with E-state index in [9.17, 15) is 0 Å². The summed E-state index contributed by atoms with van der Waals surface area (Å²) >= 11 is 0. The molecule has 0 fully saturated rings. The Morgan fingerprint density at radius 1 is 1.07 bits per heavy atom. The van der Waals surface area contributed by atoms with Gasteiger partial charge in [0.05, 0.1) is 0 Å². The van der Waals surface area contributed by atoms with Gasteiger partial charge in [0, 0.05) is 0 Å². The number of benzene rings is 1. The maximum Gasteiger partial charge on any atom is -0.00577 e. The molecule has 0 atom stereocenters. The number of allylic oxidation sites excluding steroid dienone is 2. The van der Waals surface area contributed by atoms with E-state index in [2.05, 4.69) is 39.8 Å². The van der Waals surface area contributed by atoms with Gasteiger partial charge in [-0.25, -0.2) is 0 Å². The Kier molecular flexibility index (Phi) is 2.68. The van der Waals surface area contributed by atoms with Crippen molar-refractivity contribution in [1.29, 1.82) is 0 Å². The summed E-state index contributed by atoms with van der Waals surface area (Å²) < 4.78 is 0. The summed E-state index contributed by atoms with van der Waals surface area (Å²) in [5.74, 6) is 0. The van der Waals surface area contributed by atoms with Crippen molar-refractivity contribution in [2.45, 2.75) is 47.0 Å². The Labute approximate surface area is 93.0 Å². The topological polar surface area (TPSA) is 0 Å². The minimum absolute atomic E-state index is 1.15. The molecule has 1 aliphatic carbocycles. The summed E-state index contributed by atoms with van der Waals surface area (Å²) in [4.78, 5) is 0. The Morgan fingerprint density at radius 2 is 1.80 bits per heavy atom. The molecule has 0 amide bonds. The van der Waals surface area contributed by atoms with E-state index >= 15 is 0 Å². The molecule has 0 heteroatoms. The summed E-state index contributed by atoms with van der Waals surface area (Å²) in [6, 6.07) is 4.79. The van der Waals surface area contributed by atoms with Crippen molar-refractivity contribution in [1.82, 2.24) is 0 Å². The third-order valence-corrected chi connectivity index (χ3v) is 3.62. The van der Waals surface area contributed by atoms with Crippen LogP contribution >= 0.6 is 0 Å². The van der Waals surface area contributed by atoms with E-state index in [1.54, 1.807) is 22.3 Å². The zero-order valence-corrected chi connectivity index (χ0v) is 10.3. The predicted octanol–water partition coefficient (Wildman–Crippen LogP) is 4.16. The molecule has 1 aromatic rings. The number of rotatable bonds is 2. The monoisotopic (exact) mass is 200 g/mol. The van der Waals surface area contributed by atoms with Crippen LogP contribution in [0.2, 0.25) is 0 Å². The van der Waals surface area contributed by atoms with Crippen LogP contribution in [0.25, 0.3) is 5.57 Å². The van der Waals surface area contributed by atoms with Crippen LogP contribution in [-0.4, -0.2) is 0 Å². The largest absolute Gasteiger partial charge is 0.0654 e. The molecule has 0 radical (unpaired) electrons. The van der Waals surface area contributed by atoms with Crippen molar-refractivity contribution >= 4 is 5.57 Å². The van der Waals surface area contributed by atoms with Crippen molar-refractivity contribution in [2.24, 2.45) is 0 Å². The normalized spacial score (nSPS) is 14.7. The maximum atomic E-state index is 2.40. The second kappa shape index (κ2) is 3.84. The molecule has 0 heterocycles. The molecule has 0 aromatic heterocycles. The zero-order chi connectivity index (χ0) is 11.0. The molecular weight excluding hydrogens is 180 g/mol. The van der Waals surface area contributed by atoms with Crippen LogP contribution in [0.3, 0.4) is 0 Å². The van der Waals surface area contributed by atoms with E-state index < -0.39 is 0 Å². The van der Waals surface area contributed by atoms with Gasteiger partial charge in [-0.2, -0.15) is 0 Å². The Balaban J connectivity index is 2.60. The van der Waals surface area contributed by atoms with Crippen molar-refractivity contribution in [3.8, 4) is 0 Å². The second-order valence-electron chi connectivity index (χ2n) is 4.58. The third kappa shape index (κ3) is 1.62. The second-order valence-corrected chi connectivity index (χ2v) is 4.58. The van der Waals surface area contributed by atoms with Gasteiger partial charge in [-0.1, -0.05) is 31.6 Å². The fourth-order valence-corrected chi connectivity index (χ4v) is 2.58. The molecule has 0 spiro atoms. The van der Waals surface area contributed by atoms with Crippen LogP contribution in [0.1, 0.15) is 49.9 Å². The SMILES string of the molecule is CCc1cc(CC)c2c(c1)CC(C)=C2C. The summed E-state index contributed by atoms with van der Waals surface area (Å²) in [6.45, 7) is 9.03. The van der Waals surface area contributed by atoms with E-state index in [0.29, 0.717) is 0 Å². The lowest BCUT2D eigenvalue weighted by atomic mass is 9.94. The van der Waals surface area contributed by atoms with Crippen molar-refractivity contribution in [2.75, 3.05) is 0 Å². The van der Waals surface area contributed by atoms with Crippen molar-refractivity contribution in [3.63, 3.8) is 0 Å². The highest BCUT2D eigenvalue weighted by Crippen LogP contribution is 2.35. The van der Waals surface area contributed by atoms with Crippen LogP contribution < -0.4 is 0 Å². The zero-order valence-electron chi connectivity index (χ0n) is 10.3.